The van der Waals surface area contributed by atoms with E-state index in [1.807, 2.05) is 5.32 Å². The van der Waals surface area contributed by atoms with Gasteiger partial charge in [0.15, 0.2) is 0 Å². The van der Waals surface area contributed by atoms with Gasteiger partial charge in [-0.2, -0.15) is 13.2 Å². The Balaban J connectivity index is 3.40. The van der Waals surface area contributed by atoms with Gasteiger partial charge in [0.05, 0.1) is 6.54 Å². The maximum Gasteiger partial charge on any atom is 0.401 e. The number of hydrogen-bond donors (Lipinski definition) is 2. The summed E-state index contributed by atoms with van der Waals surface area (Å²) in [5, 5.41) is 10.0. The summed E-state index contributed by atoms with van der Waals surface area (Å²) in [5.41, 5.74) is 0. The van der Waals surface area contributed by atoms with Gasteiger partial charge in [-0.25, -0.2) is 4.79 Å². The molecule has 0 rings (SSSR count). The van der Waals surface area contributed by atoms with E-state index >= 15 is 0 Å². The third-order valence-corrected chi connectivity index (χ3v) is 0.848. The van der Waals surface area contributed by atoms with E-state index in [0.717, 1.165) is 12.2 Å². The molecule has 0 amide bonds. The fourth-order valence-corrected chi connectivity index (χ4v) is 0.457. The van der Waals surface area contributed by atoms with Crippen molar-refractivity contribution in [1.82, 2.24) is 5.32 Å². The largest absolute Gasteiger partial charge is 0.478 e. The Morgan fingerprint density at radius 1 is 1.50 bits per heavy atom. The van der Waals surface area contributed by atoms with Gasteiger partial charge < -0.3 is 10.4 Å². The molecule has 2 N–H and O–H groups in total. The Bertz CT molecular complexity index is 176. The summed E-state index contributed by atoms with van der Waals surface area (Å²) in [4.78, 5) is 9.82. The second-order valence-corrected chi connectivity index (χ2v) is 1.99. The van der Waals surface area contributed by atoms with Crippen LogP contribution in [0.2, 0.25) is 0 Å². The molecule has 0 aliphatic carbocycles. The van der Waals surface area contributed by atoms with Crippen LogP contribution in [0, 0.1) is 0 Å². The first-order chi connectivity index (χ1) is 5.42. The maximum absolute atomic E-state index is 11.4. The fourth-order valence-electron chi connectivity index (χ4n) is 0.457. The highest BCUT2D eigenvalue weighted by molar-refractivity contribution is 5.79. The molecule has 0 aromatic rings. The minimum Gasteiger partial charge on any atom is -0.478 e. The van der Waals surface area contributed by atoms with Crippen molar-refractivity contribution in [1.29, 1.82) is 0 Å². The molecular formula is C6H8F3NO2. The van der Waals surface area contributed by atoms with Crippen molar-refractivity contribution in [3.63, 3.8) is 0 Å². The molecule has 0 bridgehead atoms. The standard InChI is InChI=1S/C6H8F3NO2/c7-6(8,9)4-10-3-1-2-5(11)12/h1-2,10H,3-4H2,(H,11,12)/b2-1+. The van der Waals surface area contributed by atoms with Crippen LogP contribution in [0.5, 0.6) is 0 Å². The van der Waals surface area contributed by atoms with Gasteiger partial charge in [0.2, 0.25) is 0 Å². The van der Waals surface area contributed by atoms with Gasteiger partial charge in [-0.1, -0.05) is 6.08 Å². The fraction of sp³-hybridized carbons (Fsp3) is 0.500. The van der Waals surface area contributed by atoms with Crippen molar-refractivity contribution in [2.75, 3.05) is 13.1 Å². The monoisotopic (exact) mass is 183 g/mol. The van der Waals surface area contributed by atoms with Crippen LogP contribution in [-0.2, 0) is 4.79 Å². The Morgan fingerprint density at radius 2 is 2.08 bits per heavy atom. The van der Waals surface area contributed by atoms with Gasteiger partial charge in [0.25, 0.3) is 0 Å². The highest BCUT2D eigenvalue weighted by Gasteiger charge is 2.25. The summed E-state index contributed by atoms with van der Waals surface area (Å²) >= 11 is 0. The first-order valence-electron chi connectivity index (χ1n) is 3.09. The van der Waals surface area contributed by atoms with Crippen LogP contribution < -0.4 is 5.32 Å². The lowest BCUT2D eigenvalue weighted by Gasteiger charge is -2.04. The smallest absolute Gasteiger partial charge is 0.401 e. The Hall–Kier alpha value is -1.04. The zero-order valence-electron chi connectivity index (χ0n) is 6.06. The highest BCUT2D eigenvalue weighted by atomic mass is 19.4. The summed E-state index contributed by atoms with van der Waals surface area (Å²) in [6.45, 7) is -1.22. The SMILES string of the molecule is O=C(O)/C=C/CNCC(F)(F)F. The number of nitrogens with one attached hydrogen (secondary N) is 1. The number of carbonyl (C=O) groups is 1. The van der Waals surface area contributed by atoms with Gasteiger partial charge in [0.1, 0.15) is 0 Å². The second-order valence-electron chi connectivity index (χ2n) is 1.99. The number of carboxylic acid groups (broad SMARTS) is 1. The molecule has 3 nitrogen and oxygen atoms in total. The quantitative estimate of drug-likeness (QED) is 0.500. The van der Waals surface area contributed by atoms with E-state index in [1.54, 1.807) is 0 Å². The number of hydrogen-bond acceptors (Lipinski definition) is 2. The molecule has 12 heavy (non-hydrogen) atoms. The van der Waals surface area contributed by atoms with Crippen LogP contribution in [0.3, 0.4) is 0 Å². The summed E-state index contributed by atoms with van der Waals surface area (Å²) in [6.07, 6.45) is -2.37. The van der Waals surface area contributed by atoms with Crippen molar-refractivity contribution in [2.45, 2.75) is 6.18 Å². The molecule has 0 fully saturated rings. The molecule has 70 valence electrons. The lowest BCUT2D eigenvalue weighted by Crippen LogP contribution is -2.28. The van der Waals surface area contributed by atoms with E-state index in [1.165, 1.54) is 0 Å². The van der Waals surface area contributed by atoms with Crippen molar-refractivity contribution < 1.29 is 23.1 Å². The van der Waals surface area contributed by atoms with E-state index in [9.17, 15) is 18.0 Å². The van der Waals surface area contributed by atoms with Gasteiger partial charge in [-0.05, 0) is 0 Å². The zero-order valence-corrected chi connectivity index (χ0v) is 6.06. The molecule has 0 heterocycles. The molecule has 0 saturated heterocycles. The van der Waals surface area contributed by atoms with Crippen LogP contribution >= 0.6 is 0 Å². The van der Waals surface area contributed by atoms with Crippen LogP contribution in [0.25, 0.3) is 0 Å². The molecular weight excluding hydrogens is 175 g/mol. The molecule has 6 heteroatoms. The van der Waals surface area contributed by atoms with Crippen LogP contribution in [0.4, 0.5) is 13.2 Å². The minimum absolute atomic E-state index is 0.105. The van der Waals surface area contributed by atoms with Crippen molar-refractivity contribution in [2.24, 2.45) is 0 Å². The maximum atomic E-state index is 11.4. The molecule has 0 unspecified atom stereocenters. The number of aliphatic carboxylic acids is 1. The number of halogens is 3. The molecule has 0 radical (unpaired) electrons. The number of carboxylic acids is 1. The Labute approximate surface area is 66.9 Å². The summed E-state index contributed by atoms with van der Waals surface area (Å²) in [7, 11) is 0. The summed E-state index contributed by atoms with van der Waals surface area (Å²) < 4.78 is 34.3. The van der Waals surface area contributed by atoms with Gasteiger partial charge in [-0.3, -0.25) is 0 Å². The van der Waals surface area contributed by atoms with E-state index in [2.05, 4.69) is 0 Å². The minimum atomic E-state index is -4.25. The van der Waals surface area contributed by atoms with Crippen LogP contribution in [0.15, 0.2) is 12.2 Å². The van der Waals surface area contributed by atoms with Gasteiger partial charge in [0, 0.05) is 12.6 Å². The van der Waals surface area contributed by atoms with Crippen molar-refractivity contribution in [3.05, 3.63) is 12.2 Å². The lowest BCUT2D eigenvalue weighted by atomic mass is 10.5. The van der Waals surface area contributed by atoms with E-state index < -0.39 is 18.7 Å². The summed E-state index contributed by atoms with van der Waals surface area (Å²) in [6, 6.07) is 0. The normalized spacial score (nSPS) is 12.2. The highest BCUT2D eigenvalue weighted by Crippen LogP contribution is 2.11. The lowest BCUT2D eigenvalue weighted by molar-refractivity contribution is -0.131. The Morgan fingerprint density at radius 3 is 2.50 bits per heavy atom. The topological polar surface area (TPSA) is 49.3 Å². The van der Waals surface area contributed by atoms with E-state index in [4.69, 9.17) is 5.11 Å². The van der Waals surface area contributed by atoms with Gasteiger partial charge in [-0.15, -0.1) is 0 Å². The molecule has 0 aromatic heterocycles. The third kappa shape index (κ3) is 8.96. The molecule has 0 atom stereocenters. The first-order valence-corrected chi connectivity index (χ1v) is 3.09. The molecule has 0 saturated carbocycles. The van der Waals surface area contributed by atoms with Gasteiger partial charge >= 0.3 is 12.1 Å². The molecule has 0 spiro atoms. The molecule has 0 aromatic carbocycles. The van der Waals surface area contributed by atoms with Crippen molar-refractivity contribution in [3.8, 4) is 0 Å². The van der Waals surface area contributed by atoms with E-state index in [0.29, 0.717) is 0 Å². The number of rotatable bonds is 4. The summed E-state index contributed by atoms with van der Waals surface area (Å²) in [5.74, 6) is -1.18. The third-order valence-electron chi connectivity index (χ3n) is 0.848. The predicted molar refractivity (Wildman–Crippen MR) is 35.7 cm³/mol. The predicted octanol–water partition coefficient (Wildman–Crippen LogP) is 0.779. The van der Waals surface area contributed by atoms with Crippen LogP contribution in [0.1, 0.15) is 0 Å². The molecule has 0 aliphatic heterocycles. The second kappa shape index (κ2) is 4.76. The Kier molecular flexibility index (Phi) is 4.35. The zero-order chi connectivity index (χ0) is 9.61. The first kappa shape index (κ1) is 11.0. The average Bonchev–Trinajstić information content (AvgIpc) is 1.83. The average molecular weight is 183 g/mol. The number of alkyl halides is 3. The van der Waals surface area contributed by atoms with E-state index in [-0.39, 0.29) is 6.54 Å². The van der Waals surface area contributed by atoms with Crippen LogP contribution in [-0.4, -0.2) is 30.3 Å². The molecule has 0 aliphatic rings. The van der Waals surface area contributed by atoms with Crippen molar-refractivity contribution >= 4 is 5.97 Å².